The molecule has 0 radical (unpaired) electrons. The largest absolute Gasteiger partial charge is 0.358 e. The third-order valence-electron chi connectivity index (χ3n) is 3.08. The van der Waals surface area contributed by atoms with Gasteiger partial charge in [-0.05, 0) is 18.6 Å². The topological polar surface area (TPSA) is 32.9 Å². The predicted molar refractivity (Wildman–Crippen MR) is 74.7 cm³/mol. The van der Waals surface area contributed by atoms with Crippen LogP contribution in [-0.4, -0.2) is 4.98 Å². The Morgan fingerprint density at radius 3 is 2.50 bits per heavy atom. The van der Waals surface area contributed by atoms with Crippen LogP contribution in [0.15, 0.2) is 59.4 Å². The number of aromatic amines is 1. The minimum atomic E-state index is 0.0685. The molecule has 1 aromatic heterocycles. The van der Waals surface area contributed by atoms with Gasteiger partial charge in [0.2, 0.25) is 0 Å². The van der Waals surface area contributed by atoms with E-state index in [1.807, 2.05) is 43.3 Å². The maximum Gasteiger partial charge on any atom is 0.189 e. The van der Waals surface area contributed by atoms with E-state index in [9.17, 15) is 4.79 Å². The van der Waals surface area contributed by atoms with Gasteiger partial charge >= 0.3 is 0 Å². The van der Waals surface area contributed by atoms with Crippen molar-refractivity contribution in [3.05, 3.63) is 70.5 Å². The number of hydrogen-bond acceptors (Lipinski definition) is 1. The molecule has 0 fully saturated rings. The Morgan fingerprint density at radius 1 is 0.944 bits per heavy atom. The Labute approximate surface area is 105 Å². The van der Waals surface area contributed by atoms with Crippen molar-refractivity contribution in [2.45, 2.75) is 6.92 Å². The predicted octanol–water partition coefficient (Wildman–Crippen LogP) is 3.50. The Morgan fingerprint density at radius 2 is 1.72 bits per heavy atom. The van der Waals surface area contributed by atoms with Crippen LogP contribution in [0.5, 0.6) is 0 Å². The van der Waals surface area contributed by atoms with Crippen molar-refractivity contribution in [3.8, 4) is 11.1 Å². The quantitative estimate of drug-likeness (QED) is 0.688. The second-order valence-corrected chi connectivity index (χ2v) is 4.41. The van der Waals surface area contributed by atoms with Gasteiger partial charge in [0, 0.05) is 22.7 Å². The molecule has 0 aliphatic rings. The van der Waals surface area contributed by atoms with Crippen molar-refractivity contribution in [3.63, 3.8) is 0 Å². The highest BCUT2D eigenvalue weighted by molar-refractivity contribution is 5.93. The van der Waals surface area contributed by atoms with Crippen LogP contribution in [0.1, 0.15) is 5.69 Å². The number of benzene rings is 2. The third-order valence-corrected chi connectivity index (χ3v) is 3.08. The molecular formula is C16H13NO. The molecule has 0 saturated carbocycles. The summed E-state index contributed by atoms with van der Waals surface area (Å²) < 4.78 is 0. The first-order chi connectivity index (χ1) is 8.75. The van der Waals surface area contributed by atoms with Crippen LogP contribution >= 0.6 is 0 Å². The Bertz CT molecular complexity index is 757. The normalized spacial score (nSPS) is 10.7. The zero-order valence-corrected chi connectivity index (χ0v) is 10.1. The van der Waals surface area contributed by atoms with Crippen LogP contribution in [0.4, 0.5) is 0 Å². The van der Waals surface area contributed by atoms with Gasteiger partial charge in [-0.25, -0.2) is 0 Å². The van der Waals surface area contributed by atoms with Gasteiger partial charge in [0.1, 0.15) is 0 Å². The van der Waals surface area contributed by atoms with Gasteiger partial charge in [-0.2, -0.15) is 0 Å². The molecule has 18 heavy (non-hydrogen) atoms. The van der Waals surface area contributed by atoms with Crippen LogP contribution < -0.4 is 5.43 Å². The molecule has 0 atom stereocenters. The molecule has 0 bridgehead atoms. The van der Waals surface area contributed by atoms with Crippen molar-refractivity contribution in [2.75, 3.05) is 0 Å². The van der Waals surface area contributed by atoms with Gasteiger partial charge in [-0.1, -0.05) is 42.5 Å². The fourth-order valence-corrected chi connectivity index (χ4v) is 2.26. The van der Waals surface area contributed by atoms with Crippen LogP contribution in [0.3, 0.4) is 0 Å². The van der Waals surface area contributed by atoms with Gasteiger partial charge in [0.15, 0.2) is 5.43 Å². The van der Waals surface area contributed by atoms with Gasteiger partial charge in [-0.3, -0.25) is 4.79 Å². The molecule has 3 rings (SSSR count). The fraction of sp³-hybridized carbons (Fsp3) is 0.0625. The molecule has 1 N–H and O–H groups in total. The summed E-state index contributed by atoms with van der Waals surface area (Å²) in [6, 6.07) is 17.6. The molecule has 88 valence electrons. The number of H-pyrrole nitrogens is 1. The van der Waals surface area contributed by atoms with Crippen molar-refractivity contribution in [2.24, 2.45) is 0 Å². The lowest BCUT2D eigenvalue weighted by Crippen LogP contribution is -2.03. The first kappa shape index (κ1) is 10.8. The van der Waals surface area contributed by atoms with Gasteiger partial charge in [-0.15, -0.1) is 0 Å². The van der Waals surface area contributed by atoms with Crippen LogP contribution in [0.25, 0.3) is 22.0 Å². The van der Waals surface area contributed by atoms with E-state index in [1.165, 1.54) is 0 Å². The molecule has 2 nitrogen and oxygen atoms in total. The molecule has 3 aromatic rings. The molecule has 2 aromatic carbocycles. The number of rotatable bonds is 1. The monoisotopic (exact) mass is 235 g/mol. The maximum absolute atomic E-state index is 12.0. The molecule has 0 aliphatic heterocycles. The number of aryl methyl sites for hydroxylation is 1. The molecule has 0 amide bonds. The van der Waals surface area contributed by atoms with E-state index in [0.717, 1.165) is 27.7 Å². The number of nitrogens with one attached hydrogen (secondary N) is 1. The zero-order valence-electron chi connectivity index (χ0n) is 10.1. The lowest BCUT2D eigenvalue weighted by molar-refractivity contribution is 1.24. The summed E-state index contributed by atoms with van der Waals surface area (Å²) in [5.74, 6) is 0. The number of para-hydroxylation sites is 1. The Hall–Kier alpha value is -2.35. The van der Waals surface area contributed by atoms with E-state index in [0.29, 0.717) is 0 Å². The number of pyridine rings is 1. The minimum absolute atomic E-state index is 0.0685. The van der Waals surface area contributed by atoms with Crippen LogP contribution in [-0.2, 0) is 0 Å². The molecular weight excluding hydrogens is 222 g/mol. The molecule has 0 unspecified atom stereocenters. The Balaban J connectivity index is 2.41. The SMILES string of the molecule is Cc1cc(=O)c2cccc(-c3ccccc3)c2[nH]1. The second-order valence-electron chi connectivity index (χ2n) is 4.41. The zero-order chi connectivity index (χ0) is 12.5. The summed E-state index contributed by atoms with van der Waals surface area (Å²) in [6.45, 7) is 1.91. The second kappa shape index (κ2) is 4.15. The third kappa shape index (κ3) is 1.72. The average Bonchev–Trinajstić information content (AvgIpc) is 2.39. The first-order valence-corrected chi connectivity index (χ1v) is 5.94. The molecule has 0 spiro atoms. The van der Waals surface area contributed by atoms with Crippen molar-refractivity contribution >= 4 is 10.9 Å². The lowest BCUT2D eigenvalue weighted by Gasteiger charge is -2.07. The van der Waals surface area contributed by atoms with Gasteiger partial charge in [0.05, 0.1) is 5.52 Å². The summed E-state index contributed by atoms with van der Waals surface area (Å²) >= 11 is 0. The highest BCUT2D eigenvalue weighted by Crippen LogP contribution is 2.25. The van der Waals surface area contributed by atoms with Crippen molar-refractivity contribution in [1.82, 2.24) is 4.98 Å². The summed E-state index contributed by atoms with van der Waals surface area (Å²) in [6.07, 6.45) is 0. The van der Waals surface area contributed by atoms with E-state index in [4.69, 9.17) is 0 Å². The average molecular weight is 235 g/mol. The highest BCUT2D eigenvalue weighted by atomic mass is 16.1. The number of aromatic nitrogens is 1. The fourth-order valence-electron chi connectivity index (χ4n) is 2.26. The molecule has 0 aliphatic carbocycles. The van der Waals surface area contributed by atoms with Gasteiger partial charge in [0.25, 0.3) is 0 Å². The van der Waals surface area contributed by atoms with Gasteiger partial charge < -0.3 is 4.98 Å². The van der Waals surface area contributed by atoms with Crippen molar-refractivity contribution < 1.29 is 0 Å². The van der Waals surface area contributed by atoms with E-state index in [2.05, 4.69) is 17.1 Å². The lowest BCUT2D eigenvalue weighted by atomic mass is 10.0. The summed E-state index contributed by atoms with van der Waals surface area (Å²) in [5, 5.41) is 0.738. The summed E-state index contributed by atoms with van der Waals surface area (Å²) in [5.41, 5.74) is 4.04. The first-order valence-electron chi connectivity index (χ1n) is 5.94. The van der Waals surface area contributed by atoms with Crippen molar-refractivity contribution in [1.29, 1.82) is 0 Å². The van der Waals surface area contributed by atoms with E-state index < -0.39 is 0 Å². The highest BCUT2D eigenvalue weighted by Gasteiger charge is 2.06. The van der Waals surface area contributed by atoms with E-state index >= 15 is 0 Å². The van der Waals surface area contributed by atoms with Crippen LogP contribution in [0.2, 0.25) is 0 Å². The standard InChI is InChI=1S/C16H13NO/c1-11-10-15(18)14-9-5-8-13(16(14)17-11)12-6-3-2-4-7-12/h2-10H,1H3,(H,17,18). The molecule has 2 heteroatoms. The summed E-state index contributed by atoms with van der Waals surface area (Å²) in [7, 11) is 0. The van der Waals surface area contributed by atoms with Crippen LogP contribution in [0, 0.1) is 6.92 Å². The van der Waals surface area contributed by atoms with E-state index in [-0.39, 0.29) is 5.43 Å². The number of hydrogen-bond donors (Lipinski definition) is 1. The number of fused-ring (bicyclic) bond motifs is 1. The molecule has 0 saturated heterocycles. The smallest absolute Gasteiger partial charge is 0.189 e. The Kier molecular flexibility index (Phi) is 2.49. The molecule has 1 heterocycles. The summed E-state index contributed by atoms with van der Waals surface area (Å²) in [4.78, 5) is 15.3. The minimum Gasteiger partial charge on any atom is -0.358 e. The van der Waals surface area contributed by atoms with E-state index in [1.54, 1.807) is 6.07 Å². The maximum atomic E-state index is 12.0.